The van der Waals surface area contributed by atoms with Gasteiger partial charge in [0, 0.05) is 9.90 Å². The van der Waals surface area contributed by atoms with Gasteiger partial charge in [-0.05, 0) is 65.9 Å². The zero-order valence-corrected chi connectivity index (χ0v) is 17.1. The highest BCUT2D eigenvalue weighted by atomic mass is 35.5. The van der Waals surface area contributed by atoms with Crippen molar-refractivity contribution in [2.45, 2.75) is 36.6 Å². The van der Waals surface area contributed by atoms with Crippen LogP contribution >= 0.6 is 34.7 Å². The predicted molar refractivity (Wildman–Crippen MR) is 111 cm³/mol. The fraction of sp³-hybridized carbons (Fsp3) is 0.278. The lowest BCUT2D eigenvalue weighted by Crippen LogP contribution is -2.12. The van der Waals surface area contributed by atoms with Crippen molar-refractivity contribution in [2.24, 2.45) is 0 Å². The molecule has 0 fully saturated rings. The second-order valence-electron chi connectivity index (χ2n) is 6.54. The Balaban J connectivity index is 1.42. The van der Waals surface area contributed by atoms with Gasteiger partial charge in [-0.15, -0.1) is 16.4 Å². The molecule has 0 amide bonds. The minimum absolute atomic E-state index is 0.0442. The third-order valence-electron chi connectivity index (χ3n) is 4.72. The van der Waals surface area contributed by atoms with Crippen molar-refractivity contribution in [3.63, 3.8) is 0 Å². The number of hydrogen-bond donors (Lipinski definition) is 1. The van der Waals surface area contributed by atoms with E-state index in [4.69, 9.17) is 16.6 Å². The number of nitrogens with one attached hydrogen (secondary N) is 1. The van der Waals surface area contributed by atoms with Gasteiger partial charge in [0.1, 0.15) is 10.7 Å². The lowest BCUT2D eigenvalue weighted by atomic mass is 9.97. The van der Waals surface area contributed by atoms with Gasteiger partial charge in [-0.2, -0.15) is 4.68 Å². The highest BCUT2D eigenvalue weighted by Gasteiger charge is 2.20. The van der Waals surface area contributed by atoms with Gasteiger partial charge in [-0.3, -0.25) is 4.79 Å². The number of aromatic nitrogens is 6. The average Bonchev–Trinajstić information content (AvgIpc) is 3.31. The topological polar surface area (TPSA) is 89.4 Å². The molecule has 0 saturated carbocycles. The number of tetrazole rings is 1. The molecule has 0 aliphatic heterocycles. The van der Waals surface area contributed by atoms with Crippen LogP contribution in [0.25, 0.3) is 15.9 Å². The van der Waals surface area contributed by atoms with Gasteiger partial charge in [-0.25, -0.2) is 4.98 Å². The molecule has 10 heteroatoms. The van der Waals surface area contributed by atoms with E-state index < -0.39 is 0 Å². The van der Waals surface area contributed by atoms with Crippen LogP contribution in [0.1, 0.15) is 29.1 Å². The molecule has 0 radical (unpaired) electrons. The first-order valence-corrected chi connectivity index (χ1v) is 11.1. The number of hydrogen-bond acceptors (Lipinski definition) is 7. The van der Waals surface area contributed by atoms with Crippen molar-refractivity contribution in [3.05, 3.63) is 55.9 Å². The summed E-state index contributed by atoms with van der Waals surface area (Å²) in [6, 6.07) is 7.29. The maximum absolute atomic E-state index is 12.7. The fourth-order valence-corrected chi connectivity index (χ4v) is 5.59. The summed E-state index contributed by atoms with van der Waals surface area (Å²) in [5.41, 5.74) is 1.97. The van der Waals surface area contributed by atoms with E-state index >= 15 is 0 Å². The third-order valence-corrected chi connectivity index (χ3v) is 7.09. The van der Waals surface area contributed by atoms with Gasteiger partial charge in [0.15, 0.2) is 0 Å². The first-order valence-electron chi connectivity index (χ1n) is 8.89. The van der Waals surface area contributed by atoms with Crippen molar-refractivity contribution < 1.29 is 0 Å². The quantitative estimate of drug-likeness (QED) is 0.495. The van der Waals surface area contributed by atoms with Crippen LogP contribution in [-0.2, 0) is 18.6 Å². The first-order chi connectivity index (χ1) is 13.7. The van der Waals surface area contributed by atoms with Crippen molar-refractivity contribution in [1.82, 2.24) is 30.2 Å². The van der Waals surface area contributed by atoms with Crippen LogP contribution in [0.2, 0.25) is 5.02 Å². The first kappa shape index (κ1) is 17.8. The zero-order chi connectivity index (χ0) is 19.1. The van der Waals surface area contributed by atoms with Gasteiger partial charge in [0.2, 0.25) is 5.16 Å². The Kier molecular flexibility index (Phi) is 4.65. The summed E-state index contributed by atoms with van der Waals surface area (Å²) < 4.78 is 1.64. The molecular formula is C18H15ClN6OS2. The second-order valence-corrected chi connectivity index (χ2v) is 9.00. The number of aryl methyl sites for hydroxylation is 2. The molecule has 0 bridgehead atoms. The van der Waals surface area contributed by atoms with Crippen molar-refractivity contribution in [3.8, 4) is 5.69 Å². The minimum Gasteiger partial charge on any atom is -0.309 e. The number of halogens is 1. The van der Waals surface area contributed by atoms with E-state index in [9.17, 15) is 4.79 Å². The summed E-state index contributed by atoms with van der Waals surface area (Å²) >= 11 is 9.03. The van der Waals surface area contributed by atoms with Crippen LogP contribution in [0.3, 0.4) is 0 Å². The summed E-state index contributed by atoms with van der Waals surface area (Å²) in [7, 11) is 0. The van der Waals surface area contributed by atoms with Crippen molar-refractivity contribution in [2.75, 3.05) is 0 Å². The number of aromatic amines is 1. The second kappa shape index (κ2) is 7.31. The van der Waals surface area contributed by atoms with Crippen LogP contribution in [0, 0.1) is 0 Å². The molecule has 28 heavy (non-hydrogen) atoms. The maximum Gasteiger partial charge on any atom is 0.259 e. The SMILES string of the molecule is O=c1[nH]c(CSc2nnnn2-c2ccc(Cl)cc2)nc2sc3c(c12)CCCC3. The molecule has 1 aliphatic rings. The average molecular weight is 431 g/mol. The van der Waals surface area contributed by atoms with Gasteiger partial charge in [-0.1, -0.05) is 23.4 Å². The summed E-state index contributed by atoms with van der Waals surface area (Å²) in [6.07, 6.45) is 4.36. The molecular weight excluding hydrogens is 416 g/mol. The maximum atomic E-state index is 12.7. The van der Waals surface area contributed by atoms with Crippen LogP contribution in [0.4, 0.5) is 0 Å². The Bertz CT molecular complexity index is 1210. The Morgan fingerprint density at radius 1 is 1.21 bits per heavy atom. The van der Waals surface area contributed by atoms with Gasteiger partial charge < -0.3 is 4.98 Å². The van der Waals surface area contributed by atoms with Crippen molar-refractivity contribution in [1.29, 1.82) is 0 Å². The summed E-state index contributed by atoms with van der Waals surface area (Å²) in [6.45, 7) is 0. The molecule has 5 rings (SSSR count). The van der Waals surface area contributed by atoms with Crippen molar-refractivity contribution >= 4 is 44.9 Å². The lowest BCUT2D eigenvalue weighted by molar-refractivity contribution is 0.700. The number of fused-ring (bicyclic) bond motifs is 3. The fourth-order valence-electron chi connectivity index (χ4n) is 3.42. The van der Waals surface area contributed by atoms with Gasteiger partial charge in [0.05, 0.1) is 16.8 Å². The predicted octanol–water partition coefficient (Wildman–Crippen LogP) is 3.78. The van der Waals surface area contributed by atoms with Gasteiger partial charge >= 0.3 is 0 Å². The molecule has 1 aliphatic carbocycles. The highest BCUT2D eigenvalue weighted by molar-refractivity contribution is 7.98. The molecule has 0 saturated heterocycles. The number of thiophene rings is 1. The van der Waals surface area contributed by atoms with Crippen LogP contribution in [0.5, 0.6) is 0 Å². The molecule has 1 aromatic carbocycles. The van der Waals surface area contributed by atoms with Crippen LogP contribution in [0.15, 0.2) is 34.2 Å². The molecule has 142 valence electrons. The Labute approximate surface area is 173 Å². The van der Waals surface area contributed by atoms with Crippen LogP contribution in [-0.4, -0.2) is 30.2 Å². The molecule has 0 unspecified atom stereocenters. The number of nitrogens with zero attached hydrogens (tertiary/aromatic N) is 5. The Morgan fingerprint density at radius 2 is 2.04 bits per heavy atom. The lowest BCUT2D eigenvalue weighted by Gasteiger charge is -2.09. The van der Waals surface area contributed by atoms with E-state index in [1.165, 1.54) is 28.6 Å². The number of H-pyrrole nitrogens is 1. The standard InChI is InChI=1S/C18H15ClN6OS2/c19-10-5-7-11(8-6-10)25-18(22-23-24-25)27-9-14-20-16(26)15-12-3-1-2-4-13(12)28-17(15)21-14/h5-8H,1-4,9H2,(H,20,21,26). The minimum atomic E-state index is -0.0442. The molecule has 0 atom stereocenters. The highest BCUT2D eigenvalue weighted by Crippen LogP contribution is 2.33. The molecule has 7 nitrogen and oxygen atoms in total. The largest absolute Gasteiger partial charge is 0.309 e. The third kappa shape index (κ3) is 3.23. The Hall–Kier alpha value is -2.23. The number of benzene rings is 1. The molecule has 4 aromatic rings. The number of thioether (sulfide) groups is 1. The summed E-state index contributed by atoms with van der Waals surface area (Å²) in [5, 5.41) is 13.9. The van der Waals surface area contributed by atoms with E-state index in [0.29, 0.717) is 21.8 Å². The molecule has 1 N–H and O–H groups in total. The smallest absolute Gasteiger partial charge is 0.259 e. The zero-order valence-electron chi connectivity index (χ0n) is 14.7. The number of rotatable bonds is 4. The van der Waals surface area contributed by atoms with E-state index in [1.54, 1.807) is 28.2 Å². The summed E-state index contributed by atoms with van der Waals surface area (Å²) in [4.78, 5) is 22.5. The summed E-state index contributed by atoms with van der Waals surface area (Å²) in [5.74, 6) is 1.11. The van der Waals surface area contributed by atoms with E-state index in [1.807, 2.05) is 12.1 Å². The van der Waals surface area contributed by atoms with E-state index in [0.717, 1.165) is 35.2 Å². The van der Waals surface area contributed by atoms with Gasteiger partial charge in [0.25, 0.3) is 5.56 Å². The molecule has 3 heterocycles. The van der Waals surface area contributed by atoms with E-state index in [2.05, 4.69) is 20.5 Å². The normalized spacial score (nSPS) is 13.8. The van der Waals surface area contributed by atoms with E-state index in [-0.39, 0.29) is 5.56 Å². The molecule has 0 spiro atoms. The van der Waals surface area contributed by atoms with Crippen LogP contribution < -0.4 is 5.56 Å². The molecule has 3 aromatic heterocycles. The monoisotopic (exact) mass is 430 g/mol. The Morgan fingerprint density at radius 3 is 2.89 bits per heavy atom.